The zero-order valence-corrected chi connectivity index (χ0v) is 40.4. The van der Waals surface area contributed by atoms with Gasteiger partial charge in [0, 0.05) is 31.2 Å². The number of amides is 7. The summed E-state index contributed by atoms with van der Waals surface area (Å²) in [6.45, 7) is 15.4. The number of carboxylic acid groups (broad SMARTS) is 2. The molecule has 0 saturated heterocycles. The Labute approximate surface area is 396 Å². The van der Waals surface area contributed by atoms with Gasteiger partial charge in [0.2, 0.25) is 41.4 Å². The number of nitrogens with two attached hydrogens (primary N) is 1. The second kappa shape index (κ2) is 27.9. The highest BCUT2D eigenvalue weighted by molar-refractivity contribution is 5.97. The van der Waals surface area contributed by atoms with Crippen molar-refractivity contribution in [2.24, 2.45) is 29.4 Å². The van der Waals surface area contributed by atoms with Gasteiger partial charge in [-0.3, -0.25) is 38.4 Å². The summed E-state index contributed by atoms with van der Waals surface area (Å²) >= 11 is 0. The Bertz CT molecular complexity index is 2010. The van der Waals surface area contributed by atoms with E-state index in [0.29, 0.717) is 11.3 Å². The summed E-state index contributed by atoms with van der Waals surface area (Å²) in [6, 6.07) is -4.29. The quantitative estimate of drug-likeness (QED) is 0.0525. The lowest BCUT2D eigenvalue weighted by atomic mass is 9.99. The first-order valence-electron chi connectivity index (χ1n) is 22.9. The van der Waals surface area contributed by atoms with Gasteiger partial charge in [-0.05, 0) is 74.0 Å². The molecule has 0 unspecified atom stereocenters. The molecule has 13 N–H and O–H groups in total. The highest BCUT2D eigenvalue weighted by atomic mass is 16.4. The van der Waals surface area contributed by atoms with Crippen molar-refractivity contribution in [1.29, 1.82) is 0 Å². The van der Waals surface area contributed by atoms with Gasteiger partial charge >= 0.3 is 11.9 Å². The lowest BCUT2D eigenvalue weighted by molar-refractivity contribution is -0.143. The summed E-state index contributed by atoms with van der Waals surface area (Å²) in [6.07, 6.45) is 2.34. The number of hydrogen-bond acceptors (Lipinski definition) is 12. The van der Waals surface area contributed by atoms with Crippen molar-refractivity contribution in [3.63, 3.8) is 0 Å². The van der Waals surface area contributed by atoms with Gasteiger partial charge in [-0.15, -0.1) is 0 Å². The van der Waals surface area contributed by atoms with E-state index in [2.05, 4.69) is 47.2 Å². The van der Waals surface area contributed by atoms with E-state index in [4.69, 9.17) is 5.73 Å². The van der Waals surface area contributed by atoms with E-state index in [1.54, 1.807) is 41.5 Å². The standard InChI is InChI=1S/C46H72N10O12/c1-23(2)16-33(42(63)54-35(19-28-10-12-30(57)13-11-28)43(64)55-36(46(67)68)18-25(5)6)52-39(60)27(9)50-41(62)32(14-15-37(58)59)51-45(66)38(26(7)8)56-44(65)34(17-24(3)4)53-40(61)31(47)20-29-21-48-22-49-29/h10-13,21-27,31-36,38,57H,14-20,47H2,1-9H3,(H,48,49)(H,50,62)(H,51,66)(H,52,60)(H,53,61)(H,54,63)(H,55,64)(H,56,65)(H,58,59)(H,67,68)/t27-,31-,32-,33-,34-,35-,36-,38-/m0/s1. The van der Waals surface area contributed by atoms with Gasteiger partial charge < -0.3 is 63.3 Å². The number of aromatic hydroxyl groups is 1. The Morgan fingerprint density at radius 1 is 0.574 bits per heavy atom. The second-order valence-corrected chi connectivity index (χ2v) is 18.7. The first-order valence-corrected chi connectivity index (χ1v) is 22.9. The number of carboxylic acids is 2. The molecule has 0 aliphatic carbocycles. The summed E-state index contributed by atoms with van der Waals surface area (Å²) < 4.78 is 0. The van der Waals surface area contributed by atoms with Crippen LogP contribution in [-0.4, -0.2) is 127 Å². The minimum Gasteiger partial charge on any atom is -0.508 e. The number of nitrogens with zero attached hydrogens (tertiary/aromatic N) is 1. The van der Waals surface area contributed by atoms with Gasteiger partial charge in [-0.2, -0.15) is 0 Å². The van der Waals surface area contributed by atoms with Crippen molar-refractivity contribution in [3.8, 4) is 5.75 Å². The van der Waals surface area contributed by atoms with E-state index >= 15 is 0 Å². The molecule has 0 spiro atoms. The SMILES string of the molecule is CC(C)C[C@H](NC(=O)[C@H](Cc1ccc(O)cc1)NC(=O)[C@H](CC(C)C)NC(=O)[C@H](C)NC(=O)[C@H](CCC(=O)O)NC(=O)[C@@H](NC(=O)[C@H](CC(C)C)NC(=O)[C@@H](N)Cc1cnc[nH]1)C(C)C)C(=O)O. The predicted octanol–water partition coefficient (Wildman–Crippen LogP) is 0.385. The molecule has 8 atom stereocenters. The molecular weight excluding hydrogens is 885 g/mol. The van der Waals surface area contributed by atoms with Crippen molar-refractivity contribution in [2.75, 3.05) is 0 Å². The number of aromatic nitrogens is 2. The van der Waals surface area contributed by atoms with Gasteiger partial charge in [0.15, 0.2) is 0 Å². The number of phenolic OH excluding ortho intramolecular Hbond substituents is 1. The molecule has 2 rings (SSSR count). The van der Waals surface area contributed by atoms with Gasteiger partial charge in [-0.1, -0.05) is 67.5 Å². The fourth-order valence-corrected chi connectivity index (χ4v) is 6.99. The molecule has 22 heteroatoms. The average molecular weight is 957 g/mol. The summed E-state index contributed by atoms with van der Waals surface area (Å²) in [7, 11) is 0. The first-order chi connectivity index (χ1) is 31.8. The molecule has 2 aromatic rings. The minimum atomic E-state index is -1.52. The van der Waals surface area contributed by atoms with Crippen molar-refractivity contribution >= 4 is 53.3 Å². The van der Waals surface area contributed by atoms with E-state index in [1.165, 1.54) is 43.7 Å². The van der Waals surface area contributed by atoms with Crippen LogP contribution in [0, 0.1) is 23.7 Å². The molecular formula is C46H72N10O12. The summed E-state index contributed by atoms with van der Waals surface area (Å²) in [5, 5.41) is 47.1. The van der Waals surface area contributed by atoms with Crippen molar-refractivity contribution in [1.82, 2.24) is 47.2 Å². The number of aliphatic carboxylic acids is 2. The molecule has 1 aromatic heterocycles. The van der Waals surface area contributed by atoms with Crippen LogP contribution in [0.15, 0.2) is 36.8 Å². The van der Waals surface area contributed by atoms with Crippen LogP contribution in [-0.2, 0) is 56.0 Å². The van der Waals surface area contributed by atoms with Crippen molar-refractivity contribution in [3.05, 3.63) is 48.0 Å². The van der Waals surface area contributed by atoms with Crippen LogP contribution >= 0.6 is 0 Å². The molecule has 0 radical (unpaired) electrons. The second-order valence-electron chi connectivity index (χ2n) is 18.7. The molecule has 1 aromatic carbocycles. The number of carbonyl (C=O) groups is 9. The maximum absolute atomic E-state index is 13.9. The van der Waals surface area contributed by atoms with Gasteiger partial charge in [0.25, 0.3) is 0 Å². The van der Waals surface area contributed by atoms with Gasteiger partial charge in [-0.25, -0.2) is 9.78 Å². The number of aromatic amines is 1. The van der Waals surface area contributed by atoms with Crippen LogP contribution in [0.4, 0.5) is 0 Å². The highest BCUT2D eigenvalue weighted by Gasteiger charge is 2.35. The fourth-order valence-electron chi connectivity index (χ4n) is 6.99. The molecule has 0 bridgehead atoms. The number of hydrogen-bond donors (Lipinski definition) is 12. The Morgan fingerprint density at radius 2 is 1.04 bits per heavy atom. The Balaban J connectivity index is 2.27. The van der Waals surface area contributed by atoms with Crippen LogP contribution in [0.25, 0.3) is 0 Å². The van der Waals surface area contributed by atoms with E-state index in [0.717, 1.165) is 0 Å². The van der Waals surface area contributed by atoms with Crippen molar-refractivity contribution in [2.45, 2.75) is 156 Å². The number of carbonyl (C=O) groups excluding carboxylic acids is 7. The smallest absolute Gasteiger partial charge is 0.326 e. The topological polar surface area (TPSA) is 353 Å². The average Bonchev–Trinajstić information content (AvgIpc) is 3.75. The van der Waals surface area contributed by atoms with Crippen molar-refractivity contribution < 1.29 is 58.5 Å². The third kappa shape index (κ3) is 20.5. The molecule has 22 nitrogen and oxygen atoms in total. The van der Waals surface area contributed by atoms with Gasteiger partial charge in [0.05, 0.1) is 12.4 Å². The van der Waals surface area contributed by atoms with E-state index in [1.807, 2.05) is 13.8 Å². The monoisotopic (exact) mass is 957 g/mol. The molecule has 68 heavy (non-hydrogen) atoms. The number of benzene rings is 1. The number of rotatable bonds is 29. The minimum absolute atomic E-state index is 0.0413. The molecule has 0 aliphatic heterocycles. The third-order valence-corrected chi connectivity index (χ3v) is 10.6. The van der Waals surface area contributed by atoms with Crippen LogP contribution in [0.1, 0.15) is 106 Å². The molecule has 1 heterocycles. The van der Waals surface area contributed by atoms with Gasteiger partial charge in [0.1, 0.15) is 48.0 Å². The van der Waals surface area contributed by atoms with Crippen LogP contribution in [0.5, 0.6) is 5.75 Å². The number of nitrogens with one attached hydrogen (secondary N) is 8. The summed E-state index contributed by atoms with van der Waals surface area (Å²) in [4.78, 5) is 126. The van der Waals surface area contributed by atoms with E-state index < -0.39 is 120 Å². The number of imidazole rings is 1. The maximum atomic E-state index is 13.9. The maximum Gasteiger partial charge on any atom is 0.326 e. The molecule has 378 valence electrons. The largest absolute Gasteiger partial charge is 0.508 e. The molecule has 0 saturated carbocycles. The summed E-state index contributed by atoms with van der Waals surface area (Å²) in [5.41, 5.74) is 7.23. The zero-order chi connectivity index (χ0) is 51.4. The molecule has 0 aliphatic rings. The normalized spacial score (nSPS) is 14.9. The van der Waals surface area contributed by atoms with Crippen LogP contribution in [0.3, 0.4) is 0 Å². The lowest BCUT2D eigenvalue weighted by Crippen LogP contribution is -2.60. The van der Waals surface area contributed by atoms with E-state index in [9.17, 15) is 58.5 Å². The Kier molecular flexibility index (Phi) is 23.6. The lowest BCUT2D eigenvalue weighted by Gasteiger charge is -2.29. The van der Waals surface area contributed by atoms with E-state index in [-0.39, 0.29) is 55.6 Å². The highest BCUT2D eigenvalue weighted by Crippen LogP contribution is 2.15. The first kappa shape index (κ1) is 57.5. The van der Waals surface area contributed by atoms with Crippen LogP contribution in [0.2, 0.25) is 0 Å². The fraction of sp³-hybridized carbons (Fsp3) is 0.609. The molecule has 0 fully saturated rings. The number of H-pyrrole nitrogens is 1. The van der Waals surface area contributed by atoms with Crippen LogP contribution < -0.4 is 43.0 Å². The third-order valence-electron chi connectivity index (χ3n) is 10.6. The number of phenols is 1. The Hall–Kier alpha value is -6.58. The molecule has 7 amide bonds. The predicted molar refractivity (Wildman–Crippen MR) is 249 cm³/mol. The Morgan fingerprint density at radius 3 is 1.54 bits per heavy atom. The summed E-state index contributed by atoms with van der Waals surface area (Å²) in [5.74, 6) is -9.07. The zero-order valence-electron chi connectivity index (χ0n) is 40.4.